The molecule has 5 heteroatoms. The van der Waals surface area contributed by atoms with E-state index in [1.165, 1.54) is 0 Å². The highest BCUT2D eigenvalue weighted by atomic mass is 16.5. The van der Waals surface area contributed by atoms with Crippen molar-refractivity contribution in [2.24, 2.45) is 5.92 Å². The molecule has 2 rings (SSSR count). The minimum absolute atomic E-state index is 0.0178. The lowest BCUT2D eigenvalue weighted by atomic mass is 10.1. The van der Waals surface area contributed by atoms with Gasteiger partial charge in [-0.05, 0) is 19.3 Å². The molecule has 0 radical (unpaired) electrons. The lowest BCUT2D eigenvalue weighted by Crippen LogP contribution is -2.53. The Labute approximate surface area is 96.7 Å². The van der Waals surface area contributed by atoms with Gasteiger partial charge in [-0.15, -0.1) is 0 Å². The van der Waals surface area contributed by atoms with Gasteiger partial charge in [0.05, 0.1) is 13.2 Å². The second kappa shape index (κ2) is 5.01. The van der Waals surface area contributed by atoms with Crippen LogP contribution in [0.1, 0.15) is 20.3 Å². The van der Waals surface area contributed by atoms with Gasteiger partial charge in [0, 0.05) is 25.7 Å². The number of carbonyl (C=O) groups is 1. The van der Waals surface area contributed by atoms with Crippen LogP contribution in [-0.2, 0) is 4.74 Å². The zero-order valence-electron chi connectivity index (χ0n) is 10.1. The molecule has 16 heavy (non-hydrogen) atoms. The third-order valence-electron chi connectivity index (χ3n) is 3.32. The molecule has 2 aliphatic rings. The van der Waals surface area contributed by atoms with Gasteiger partial charge in [-0.1, -0.05) is 6.92 Å². The number of nitrogens with zero attached hydrogens (tertiary/aromatic N) is 2. The second-order valence-corrected chi connectivity index (χ2v) is 4.86. The highest BCUT2D eigenvalue weighted by molar-refractivity contribution is 5.73. The van der Waals surface area contributed by atoms with Crippen LogP contribution in [0.2, 0.25) is 0 Å². The molecule has 2 atom stereocenters. The Balaban J connectivity index is 1.82. The van der Waals surface area contributed by atoms with E-state index in [0.29, 0.717) is 38.3 Å². The second-order valence-electron chi connectivity index (χ2n) is 4.86. The number of hydrogen-bond acceptors (Lipinski definition) is 3. The van der Waals surface area contributed by atoms with Crippen LogP contribution in [0, 0.1) is 5.92 Å². The third-order valence-corrected chi connectivity index (χ3v) is 3.32. The van der Waals surface area contributed by atoms with E-state index < -0.39 is 0 Å². The van der Waals surface area contributed by atoms with Crippen molar-refractivity contribution >= 4 is 6.03 Å². The Kier molecular flexibility index (Phi) is 3.66. The van der Waals surface area contributed by atoms with E-state index in [2.05, 4.69) is 24.3 Å². The molecule has 0 bridgehead atoms. The van der Waals surface area contributed by atoms with Crippen molar-refractivity contribution in [3.05, 3.63) is 0 Å². The van der Waals surface area contributed by atoms with Crippen LogP contribution >= 0.6 is 0 Å². The summed E-state index contributed by atoms with van der Waals surface area (Å²) >= 11 is 0. The molecule has 5 nitrogen and oxygen atoms in total. The van der Waals surface area contributed by atoms with Crippen LogP contribution in [0.15, 0.2) is 0 Å². The van der Waals surface area contributed by atoms with Gasteiger partial charge < -0.3 is 9.64 Å². The summed E-state index contributed by atoms with van der Waals surface area (Å²) in [6.07, 6.45) is 1.16. The maximum absolute atomic E-state index is 11.9. The maximum atomic E-state index is 11.9. The molecular formula is C11H21N3O2. The summed E-state index contributed by atoms with van der Waals surface area (Å²) in [6, 6.07) is 0.462. The zero-order chi connectivity index (χ0) is 11.5. The molecule has 0 spiro atoms. The van der Waals surface area contributed by atoms with Gasteiger partial charge in [0.15, 0.2) is 0 Å². The van der Waals surface area contributed by atoms with Gasteiger partial charge in [-0.2, -0.15) is 0 Å². The smallest absolute Gasteiger partial charge is 0.332 e. The number of rotatable bonds is 1. The van der Waals surface area contributed by atoms with Crippen LogP contribution < -0.4 is 5.43 Å². The van der Waals surface area contributed by atoms with Crippen molar-refractivity contribution < 1.29 is 9.53 Å². The fourth-order valence-corrected chi connectivity index (χ4v) is 2.42. The number of urea groups is 1. The van der Waals surface area contributed by atoms with E-state index in [-0.39, 0.29) is 6.03 Å². The van der Waals surface area contributed by atoms with E-state index in [4.69, 9.17) is 4.74 Å². The fourth-order valence-electron chi connectivity index (χ4n) is 2.42. The van der Waals surface area contributed by atoms with Crippen molar-refractivity contribution in [2.45, 2.75) is 26.3 Å². The average Bonchev–Trinajstić information content (AvgIpc) is 2.59. The predicted molar refractivity (Wildman–Crippen MR) is 60.9 cm³/mol. The highest BCUT2D eigenvalue weighted by Gasteiger charge is 2.28. The van der Waals surface area contributed by atoms with Crippen LogP contribution in [0.4, 0.5) is 4.79 Å². The van der Waals surface area contributed by atoms with E-state index in [9.17, 15) is 4.79 Å². The summed E-state index contributed by atoms with van der Waals surface area (Å²) in [4.78, 5) is 13.7. The lowest BCUT2D eigenvalue weighted by molar-refractivity contribution is 0.0454. The molecule has 2 amide bonds. The number of hydrogen-bond donors (Lipinski definition) is 1. The molecule has 0 aromatic rings. The largest absolute Gasteiger partial charge is 0.378 e. The molecule has 0 saturated carbocycles. The summed E-state index contributed by atoms with van der Waals surface area (Å²) < 4.78 is 5.22. The Hall–Kier alpha value is -0.810. The molecule has 92 valence electrons. The predicted octanol–water partition coefficient (Wildman–Crippen LogP) is 0.674. The molecule has 2 unspecified atom stereocenters. The maximum Gasteiger partial charge on any atom is 0.332 e. The lowest BCUT2D eigenvalue weighted by Gasteiger charge is -2.30. The zero-order valence-corrected chi connectivity index (χ0v) is 10.1. The SMILES string of the molecule is CC1CC(C)N(NC(=O)N2CCOCC2)C1. The van der Waals surface area contributed by atoms with Gasteiger partial charge in [0.25, 0.3) is 0 Å². The third kappa shape index (κ3) is 2.65. The molecule has 0 aromatic carbocycles. The van der Waals surface area contributed by atoms with Gasteiger partial charge in [-0.25, -0.2) is 9.80 Å². The fraction of sp³-hybridized carbons (Fsp3) is 0.909. The summed E-state index contributed by atoms with van der Waals surface area (Å²) in [5.74, 6) is 0.667. The Bertz CT molecular complexity index is 254. The first-order valence-corrected chi connectivity index (χ1v) is 6.07. The van der Waals surface area contributed by atoms with Crippen LogP contribution in [0.25, 0.3) is 0 Å². The topological polar surface area (TPSA) is 44.8 Å². The molecule has 0 aromatic heterocycles. The Morgan fingerprint density at radius 2 is 2.00 bits per heavy atom. The van der Waals surface area contributed by atoms with E-state index in [1.54, 1.807) is 0 Å². The van der Waals surface area contributed by atoms with Crippen LogP contribution in [0.5, 0.6) is 0 Å². The van der Waals surface area contributed by atoms with Crippen molar-refractivity contribution in [1.82, 2.24) is 15.3 Å². The van der Waals surface area contributed by atoms with Gasteiger partial charge >= 0.3 is 6.03 Å². The number of amides is 2. The van der Waals surface area contributed by atoms with Gasteiger partial charge in [0.2, 0.25) is 0 Å². The van der Waals surface area contributed by atoms with Gasteiger partial charge in [-0.3, -0.25) is 5.43 Å². The molecule has 0 aliphatic carbocycles. The van der Waals surface area contributed by atoms with Gasteiger partial charge in [0.1, 0.15) is 0 Å². The molecular weight excluding hydrogens is 206 g/mol. The van der Waals surface area contributed by atoms with E-state index in [1.807, 2.05) is 4.90 Å². The first kappa shape index (κ1) is 11.7. The van der Waals surface area contributed by atoms with Crippen molar-refractivity contribution in [2.75, 3.05) is 32.8 Å². The standard InChI is InChI=1S/C11H21N3O2/c1-9-7-10(2)14(8-9)12-11(15)13-3-5-16-6-4-13/h9-10H,3-8H2,1-2H3,(H,12,15). The first-order valence-electron chi connectivity index (χ1n) is 6.07. The summed E-state index contributed by atoms with van der Waals surface area (Å²) in [7, 11) is 0. The molecule has 2 aliphatic heterocycles. The molecule has 2 fully saturated rings. The summed E-state index contributed by atoms with van der Waals surface area (Å²) in [5, 5.41) is 2.06. The summed E-state index contributed by atoms with van der Waals surface area (Å²) in [5.41, 5.74) is 2.99. The normalized spacial score (nSPS) is 31.8. The van der Waals surface area contributed by atoms with Crippen molar-refractivity contribution in [3.8, 4) is 0 Å². The number of morpholine rings is 1. The number of ether oxygens (including phenoxy) is 1. The van der Waals surface area contributed by atoms with E-state index >= 15 is 0 Å². The Morgan fingerprint density at radius 3 is 2.56 bits per heavy atom. The van der Waals surface area contributed by atoms with Crippen molar-refractivity contribution in [1.29, 1.82) is 0 Å². The summed E-state index contributed by atoms with van der Waals surface area (Å²) in [6.45, 7) is 8.03. The monoisotopic (exact) mass is 227 g/mol. The first-order chi connectivity index (χ1) is 7.66. The highest BCUT2D eigenvalue weighted by Crippen LogP contribution is 2.20. The minimum atomic E-state index is 0.0178. The van der Waals surface area contributed by atoms with Crippen LogP contribution in [-0.4, -0.2) is 54.8 Å². The number of nitrogens with one attached hydrogen (secondary N) is 1. The van der Waals surface area contributed by atoms with Crippen molar-refractivity contribution in [3.63, 3.8) is 0 Å². The van der Waals surface area contributed by atoms with E-state index in [0.717, 1.165) is 13.0 Å². The average molecular weight is 227 g/mol. The number of carbonyl (C=O) groups excluding carboxylic acids is 1. The molecule has 2 heterocycles. The molecule has 1 N–H and O–H groups in total. The number of hydrazine groups is 1. The Morgan fingerprint density at radius 1 is 1.31 bits per heavy atom. The quantitative estimate of drug-likeness (QED) is 0.716. The van der Waals surface area contributed by atoms with Crippen LogP contribution in [0.3, 0.4) is 0 Å². The minimum Gasteiger partial charge on any atom is -0.378 e. The molecule has 2 saturated heterocycles.